The standard InChI is InChI=1S/C18H26N2O3/c1-13-7-6-8-14(11-13)15(20(2)3)16(21)19-12-18(17(22)23)9-4-5-10-18/h6-8,11,15H,4-5,9-10,12H2,1-3H3,(H,19,21)(H,22,23). The molecule has 126 valence electrons. The maximum atomic E-state index is 12.7. The first kappa shape index (κ1) is 17.5. The number of nitrogens with one attached hydrogen (secondary N) is 1. The number of benzene rings is 1. The van der Waals surface area contributed by atoms with Crippen molar-refractivity contribution in [3.05, 3.63) is 35.4 Å². The highest BCUT2D eigenvalue weighted by atomic mass is 16.4. The first-order valence-electron chi connectivity index (χ1n) is 8.10. The van der Waals surface area contributed by atoms with E-state index in [4.69, 9.17) is 0 Å². The van der Waals surface area contributed by atoms with Crippen LogP contribution in [0.15, 0.2) is 24.3 Å². The number of carboxylic acid groups (broad SMARTS) is 1. The van der Waals surface area contributed by atoms with E-state index >= 15 is 0 Å². The third kappa shape index (κ3) is 3.91. The van der Waals surface area contributed by atoms with Crippen LogP contribution in [0.1, 0.15) is 42.9 Å². The molecule has 0 spiro atoms. The van der Waals surface area contributed by atoms with E-state index in [2.05, 4.69) is 5.32 Å². The highest BCUT2D eigenvalue weighted by Gasteiger charge is 2.42. The minimum Gasteiger partial charge on any atom is -0.481 e. The zero-order valence-corrected chi connectivity index (χ0v) is 14.1. The van der Waals surface area contributed by atoms with Gasteiger partial charge in [-0.25, -0.2) is 0 Å². The largest absolute Gasteiger partial charge is 0.481 e. The molecule has 1 aromatic rings. The Morgan fingerprint density at radius 3 is 2.48 bits per heavy atom. The molecular formula is C18H26N2O3. The van der Waals surface area contributed by atoms with E-state index < -0.39 is 17.4 Å². The van der Waals surface area contributed by atoms with Crippen molar-refractivity contribution >= 4 is 11.9 Å². The molecule has 0 saturated heterocycles. The number of aliphatic carboxylic acids is 1. The molecule has 0 aromatic heterocycles. The molecule has 1 saturated carbocycles. The summed E-state index contributed by atoms with van der Waals surface area (Å²) in [6.45, 7) is 2.20. The Hall–Kier alpha value is -1.88. The van der Waals surface area contributed by atoms with Gasteiger partial charge in [-0.15, -0.1) is 0 Å². The van der Waals surface area contributed by atoms with Crippen LogP contribution in [0.2, 0.25) is 0 Å². The van der Waals surface area contributed by atoms with Crippen LogP contribution >= 0.6 is 0 Å². The number of amides is 1. The van der Waals surface area contributed by atoms with Gasteiger partial charge >= 0.3 is 5.97 Å². The number of carbonyl (C=O) groups excluding carboxylic acids is 1. The molecule has 1 aliphatic carbocycles. The van der Waals surface area contributed by atoms with Crippen molar-refractivity contribution in [2.24, 2.45) is 5.41 Å². The third-order valence-electron chi connectivity index (χ3n) is 4.74. The average molecular weight is 318 g/mol. The molecule has 2 rings (SSSR count). The summed E-state index contributed by atoms with van der Waals surface area (Å²) in [6, 6.07) is 7.44. The number of hydrogen-bond donors (Lipinski definition) is 2. The van der Waals surface area contributed by atoms with Gasteiger partial charge in [0.1, 0.15) is 6.04 Å². The van der Waals surface area contributed by atoms with Gasteiger partial charge in [-0.1, -0.05) is 42.7 Å². The molecule has 0 radical (unpaired) electrons. The molecule has 1 unspecified atom stereocenters. The molecule has 1 fully saturated rings. The lowest BCUT2D eigenvalue weighted by molar-refractivity contribution is -0.148. The zero-order chi connectivity index (χ0) is 17.0. The maximum Gasteiger partial charge on any atom is 0.311 e. The first-order chi connectivity index (χ1) is 10.9. The van der Waals surface area contributed by atoms with Crippen LogP contribution in [0.3, 0.4) is 0 Å². The van der Waals surface area contributed by atoms with Crippen LogP contribution in [0, 0.1) is 12.3 Å². The molecule has 1 amide bonds. The fraction of sp³-hybridized carbons (Fsp3) is 0.556. The second-order valence-corrected chi connectivity index (χ2v) is 6.79. The minimum atomic E-state index is -0.799. The Morgan fingerprint density at radius 1 is 1.30 bits per heavy atom. The van der Waals surface area contributed by atoms with Crippen molar-refractivity contribution in [2.75, 3.05) is 20.6 Å². The highest BCUT2D eigenvalue weighted by molar-refractivity contribution is 5.84. The van der Waals surface area contributed by atoms with E-state index in [0.29, 0.717) is 12.8 Å². The van der Waals surface area contributed by atoms with Crippen LogP contribution < -0.4 is 5.32 Å². The Labute approximate surface area is 137 Å². The van der Waals surface area contributed by atoms with E-state index in [1.54, 1.807) is 0 Å². The van der Waals surface area contributed by atoms with Gasteiger partial charge in [0.05, 0.1) is 5.41 Å². The van der Waals surface area contributed by atoms with Gasteiger partial charge in [-0.2, -0.15) is 0 Å². The number of hydrogen-bond acceptors (Lipinski definition) is 3. The summed E-state index contributed by atoms with van der Waals surface area (Å²) in [5, 5.41) is 12.4. The molecule has 1 atom stereocenters. The maximum absolute atomic E-state index is 12.7. The molecule has 1 aromatic carbocycles. The molecule has 0 aliphatic heterocycles. The Morgan fingerprint density at radius 2 is 1.96 bits per heavy atom. The summed E-state index contributed by atoms with van der Waals surface area (Å²) >= 11 is 0. The Balaban J connectivity index is 2.11. The second-order valence-electron chi connectivity index (χ2n) is 6.79. The number of nitrogens with zero attached hydrogens (tertiary/aromatic N) is 1. The summed E-state index contributed by atoms with van der Waals surface area (Å²) in [5.74, 6) is -0.944. The monoisotopic (exact) mass is 318 g/mol. The second kappa shape index (κ2) is 7.13. The summed E-state index contributed by atoms with van der Waals surface area (Å²) in [5.41, 5.74) is 1.22. The van der Waals surface area contributed by atoms with Crippen molar-refractivity contribution in [1.82, 2.24) is 10.2 Å². The molecule has 5 heteroatoms. The smallest absolute Gasteiger partial charge is 0.311 e. The summed E-state index contributed by atoms with van der Waals surface area (Å²) in [4.78, 5) is 26.1. The fourth-order valence-corrected chi connectivity index (χ4v) is 3.40. The molecule has 23 heavy (non-hydrogen) atoms. The molecule has 0 bridgehead atoms. The van der Waals surface area contributed by atoms with Gasteiger partial charge in [-0.05, 0) is 39.4 Å². The van der Waals surface area contributed by atoms with E-state index in [-0.39, 0.29) is 12.5 Å². The van der Waals surface area contributed by atoms with Crippen LogP contribution in [-0.4, -0.2) is 42.5 Å². The predicted molar refractivity (Wildman–Crippen MR) is 89.2 cm³/mol. The minimum absolute atomic E-state index is 0.145. The Bertz CT molecular complexity index is 577. The zero-order valence-electron chi connectivity index (χ0n) is 14.1. The van der Waals surface area contributed by atoms with E-state index in [1.807, 2.05) is 50.2 Å². The molecule has 2 N–H and O–H groups in total. The third-order valence-corrected chi connectivity index (χ3v) is 4.74. The average Bonchev–Trinajstić information content (AvgIpc) is 2.95. The summed E-state index contributed by atoms with van der Waals surface area (Å²) < 4.78 is 0. The van der Waals surface area contributed by atoms with E-state index in [1.165, 1.54) is 0 Å². The van der Waals surface area contributed by atoms with Crippen molar-refractivity contribution in [3.8, 4) is 0 Å². The topological polar surface area (TPSA) is 69.6 Å². The van der Waals surface area contributed by atoms with Crippen LogP contribution in [0.25, 0.3) is 0 Å². The quantitative estimate of drug-likeness (QED) is 0.845. The number of likely N-dealkylation sites (N-methyl/N-ethyl adjacent to an activating group) is 1. The van der Waals surface area contributed by atoms with Gasteiger partial charge < -0.3 is 10.4 Å². The number of aryl methyl sites for hydroxylation is 1. The molecule has 1 aliphatic rings. The van der Waals surface area contributed by atoms with E-state index in [0.717, 1.165) is 24.0 Å². The molecule has 5 nitrogen and oxygen atoms in total. The number of rotatable bonds is 6. The van der Waals surface area contributed by atoms with Crippen LogP contribution in [0.4, 0.5) is 0 Å². The van der Waals surface area contributed by atoms with Gasteiger partial charge in [-0.3, -0.25) is 14.5 Å². The van der Waals surface area contributed by atoms with Gasteiger partial charge in [0.15, 0.2) is 0 Å². The normalized spacial score (nSPS) is 17.9. The number of carbonyl (C=O) groups is 2. The summed E-state index contributed by atoms with van der Waals surface area (Å²) in [7, 11) is 3.71. The van der Waals surface area contributed by atoms with E-state index in [9.17, 15) is 14.7 Å². The van der Waals surface area contributed by atoms with Gasteiger partial charge in [0, 0.05) is 6.54 Å². The Kier molecular flexibility index (Phi) is 5.42. The van der Waals surface area contributed by atoms with Crippen LogP contribution in [0.5, 0.6) is 0 Å². The SMILES string of the molecule is Cc1cccc(C(C(=O)NCC2(C(=O)O)CCCC2)N(C)C)c1. The van der Waals surface area contributed by atoms with Crippen molar-refractivity contribution in [1.29, 1.82) is 0 Å². The highest BCUT2D eigenvalue weighted by Crippen LogP contribution is 2.38. The van der Waals surface area contributed by atoms with Gasteiger partial charge in [0.2, 0.25) is 5.91 Å². The van der Waals surface area contributed by atoms with Crippen molar-refractivity contribution in [3.63, 3.8) is 0 Å². The van der Waals surface area contributed by atoms with Crippen molar-refractivity contribution < 1.29 is 14.7 Å². The lowest BCUT2D eigenvalue weighted by Crippen LogP contribution is -2.45. The predicted octanol–water partition coefficient (Wildman–Crippen LogP) is 2.36. The first-order valence-corrected chi connectivity index (χ1v) is 8.10. The van der Waals surface area contributed by atoms with Crippen LogP contribution in [-0.2, 0) is 9.59 Å². The molecular weight excluding hydrogens is 292 g/mol. The summed E-state index contributed by atoms with van der Waals surface area (Å²) in [6.07, 6.45) is 3.10. The fourth-order valence-electron chi connectivity index (χ4n) is 3.40. The lowest BCUT2D eigenvalue weighted by atomic mass is 9.86. The van der Waals surface area contributed by atoms with Crippen molar-refractivity contribution in [2.45, 2.75) is 38.6 Å². The molecule has 0 heterocycles. The lowest BCUT2D eigenvalue weighted by Gasteiger charge is -2.28. The number of carboxylic acids is 1. The van der Waals surface area contributed by atoms with Gasteiger partial charge in [0.25, 0.3) is 0 Å².